The zero-order valence-electron chi connectivity index (χ0n) is 9.45. The maximum atomic E-state index is 9.73. The highest BCUT2D eigenvalue weighted by Crippen LogP contribution is 2.27. The summed E-state index contributed by atoms with van der Waals surface area (Å²) in [7, 11) is 0. The zero-order chi connectivity index (χ0) is 11.7. The fraction of sp³-hybridized carbons (Fsp3) is 1.00. The lowest BCUT2D eigenvalue weighted by molar-refractivity contribution is -0.303. The molecule has 0 amide bonds. The van der Waals surface area contributed by atoms with Gasteiger partial charge in [-0.15, -0.1) is 0 Å². The molecule has 1 aliphatic carbocycles. The van der Waals surface area contributed by atoms with Crippen molar-refractivity contribution in [1.29, 1.82) is 0 Å². The first-order chi connectivity index (χ1) is 7.59. The van der Waals surface area contributed by atoms with Gasteiger partial charge in [-0.3, -0.25) is 0 Å². The second-order valence-corrected chi connectivity index (χ2v) is 4.72. The van der Waals surface area contributed by atoms with Crippen LogP contribution in [0.2, 0.25) is 0 Å². The van der Waals surface area contributed by atoms with Crippen molar-refractivity contribution in [3.05, 3.63) is 0 Å². The molecule has 1 aliphatic heterocycles. The predicted octanol–water partition coefficient (Wildman–Crippen LogP) is -0.227. The molecule has 2 rings (SSSR count). The van der Waals surface area contributed by atoms with Crippen LogP contribution in [-0.4, -0.2) is 52.1 Å². The maximum absolute atomic E-state index is 9.73. The summed E-state index contributed by atoms with van der Waals surface area (Å²) in [6, 6.07) is 0. The second kappa shape index (κ2) is 4.98. The number of hydrogen-bond acceptors (Lipinski definition) is 5. The number of aliphatic hydroxyl groups excluding tert-OH is 3. The minimum atomic E-state index is -1.20. The van der Waals surface area contributed by atoms with E-state index in [1.54, 1.807) is 6.92 Å². The molecule has 1 saturated heterocycles. The van der Waals surface area contributed by atoms with Crippen LogP contribution < -0.4 is 0 Å². The van der Waals surface area contributed by atoms with E-state index in [9.17, 15) is 15.3 Å². The van der Waals surface area contributed by atoms with Crippen LogP contribution in [0.3, 0.4) is 0 Å². The summed E-state index contributed by atoms with van der Waals surface area (Å²) in [6.07, 6.45) is -0.460. The highest BCUT2D eigenvalue weighted by molar-refractivity contribution is 4.87. The molecule has 1 heterocycles. The third-order valence-electron chi connectivity index (χ3n) is 3.44. The summed E-state index contributed by atoms with van der Waals surface area (Å²) in [5, 5.41) is 28.8. The number of rotatable bonds is 2. The molecule has 16 heavy (non-hydrogen) atoms. The molecule has 0 aromatic rings. The summed E-state index contributed by atoms with van der Waals surface area (Å²) < 4.78 is 11.0. The molecule has 0 aromatic carbocycles. The van der Waals surface area contributed by atoms with Crippen molar-refractivity contribution in [2.75, 3.05) is 0 Å². The van der Waals surface area contributed by atoms with Crippen LogP contribution in [0.4, 0.5) is 0 Å². The molecule has 2 fully saturated rings. The first kappa shape index (κ1) is 12.3. The Bertz CT molecular complexity index is 228. The number of hydrogen-bond donors (Lipinski definition) is 3. The average molecular weight is 232 g/mol. The molecule has 0 radical (unpaired) electrons. The van der Waals surface area contributed by atoms with Gasteiger partial charge in [0.25, 0.3) is 0 Å². The van der Waals surface area contributed by atoms with Crippen LogP contribution in [0.1, 0.15) is 32.6 Å². The highest BCUT2D eigenvalue weighted by atomic mass is 16.7. The maximum Gasteiger partial charge on any atom is 0.186 e. The van der Waals surface area contributed by atoms with E-state index in [1.165, 1.54) is 0 Å². The lowest BCUT2D eigenvalue weighted by Gasteiger charge is -2.39. The smallest absolute Gasteiger partial charge is 0.186 e. The Morgan fingerprint density at radius 3 is 2.25 bits per heavy atom. The van der Waals surface area contributed by atoms with E-state index in [-0.39, 0.29) is 6.10 Å². The van der Waals surface area contributed by atoms with E-state index in [1.807, 2.05) is 0 Å². The summed E-state index contributed by atoms with van der Waals surface area (Å²) in [5.41, 5.74) is 0. The fourth-order valence-electron chi connectivity index (χ4n) is 2.34. The Kier molecular flexibility index (Phi) is 3.81. The molecular weight excluding hydrogens is 212 g/mol. The van der Waals surface area contributed by atoms with E-state index in [0.29, 0.717) is 0 Å². The first-order valence-electron chi connectivity index (χ1n) is 5.94. The fourth-order valence-corrected chi connectivity index (χ4v) is 2.34. The molecule has 5 atom stereocenters. The van der Waals surface area contributed by atoms with Gasteiger partial charge in [0.15, 0.2) is 6.29 Å². The van der Waals surface area contributed by atoms with Crippen LogP contribution >= 0.6 is 0 Å². The van der Waals surface area contributed by atoms with Crippen molar-refractivity contribution in [2.45, 2.75) is 69.4 Å². The third-order valence-corrected chi connectivity index (χ3v) is 3.44. The van der Waals surface area contributed by atoms with Crippen LogP contribution in [0.25, 0.3) is 0 Å². The summed E-state index contributed by atoms with van der Waals surface area (Å²) in [6.45, 7) is 1.66. The highest BCUT2D eigenvalue weighted by Gasteiger charge is 2.43. The average Bonchev–Trinajstić information content (AvgIpc) is 2.76. The standard InChI is InChI=1S/C11H20O5/c1-6-8(12)9(13)10(14)11(15-6)16-7-4-2-3-5-7/h6-14H,2-5H2,1H3/t6-,8+,9+,10-,11+/m0/s1. The lowest BCUT2D eigenvalue weighted by atomic mass is 10.00. The summed E-state index contributed by atoms with van der Waals surface area (Å²) in [5.74, 6) is 0. The molecular formula is C11H20O5. The third kappa shape index (κ3) is 2.38. The largest absolute Gasteiger partial charge is 0.388 e. The Hall–Kier alpha value is -0.200. The van der Waals surface area contributed by atoms with Gasteiger partial charge in [0.1, 0.15) is 18.3 Å². The van der Waals surface area contributed by atoms with Gasteiger partial charge < -0.3 is 24.8 Å². The Morgan fingerprint density at radius 2 is 1.62 bits per heavy atom. The van der Waals surface area contributed by atoms with Crippen molar-refractivity contribution < 1.29 is 24.8 Å². The van der Waals surface area contributed by atoms with Gasteiger partial charge in [-0.1, -0.05) is 12.8 Å². The van der Waals surface area contributed by atoms with Crippen molar-refractivity contribution in [1.82, 2.24) is 0 Å². The van der Waals surface area contributed by atoms with Crippen molar-refractivity contribution in [3.8, 4) is 0 Å². The van der Waals surface area contributed by atoms with Gasteiger partial charge >= 0.3 is 0 Å². The summed E-state index contributed by atoms with van der Waals surface area (Å²) >= 11 is 0. The van der Waals surface area contributed by atoms with Gasteiger partial charge in [-0.2, -0.15) is 0 Å². The number of ether oxygens (including phenoxy) is 2. The Balaban J connectivity index is 1.93. The van der Waals surface area contributed by atoms with Gasteiger partial charge in [-0.25, -0.2) is 0 Å². The molecule has 0 spiro atoms. The normalized spacial score (nSPS) is 46.1. The first-order valence-corrected chi connectivity index (χ1v) is 5.94. The SMILES string of the molecule is C[C@@H]1O[C@H](OC2CCCC2)[C@@H](O)[C@H](O)[C@@H]1O. The predicted molar refractivity (Wildman–Crippen MR) is 55.7 cm³/mol. The minimum absolute atomic E-state index is 0.106. The summed E-state index contributed by atoms with van der Waals surface area (Å²) in [4.78, 5) is 0. The topological polar surface area (TPSA) is 79.2 Å². The van der Waals surface area contributed by atoms with Gasteiger partial charge in [0.05, 0.1) is 12.2 Å². The van der Waals surface area contributed by atoms with E-state index in [4.69, 9.17) is 9.47 Å². The van der Waals surface area contributed by atoms with Crippen LogP contribution in [0, 0.1) is 0 Å². The minimum Gasteiger partial charge on any atom is -0.388 e. The molecule has 2 aliphatic rings. The van der Waals surface area contributed by atoms with Crippen LogP contribution in [0.5, 0.6) is 0 Å². The van der Waals surface area contributed by atoms with Crippen LogP contribution in [-0.2, 0) is 9.47 Å². The van der Waals surface area contributed by atoms with E-state index in [2.05, 4.69) is 0 Å². The second-order valence-electron chi connectivity index (χ2n) is 4.72. The monoisotopic (exact) mass is 232 g/mol. The van der Waals surface area contributed by atoms with Crippen molar-refractivity contribution in [2.24, 2.45) is 0 Å². The lowest BCUT2D eigenvalue weighted by Crippen LogP contribution is -2.57. The Morgan fingerprint density at radius 1 is 1.00 bits per heavy atom. The number of aliphatic hydroxyl groups is 3. The van der Waals surface area contributed by atoms with Crippen molar-refractivity contribution >= 4 is 0 Å². The van der Waals surface area contributed by atoms with E-state index < -0.39 is 30.7 Å². The molecule has 1 saturated carbocycles. The quantitative estimate of drug-likeness (QED) is 0.613. The van der Waals surface area contributed by atoms with Gasteiger partial charge in [0, 0.05) is 0 Å². The van der Waals surface area contributed by atoms with Crippen molar-refractivity contribution in [3.63, 3.8) is 0 Å². The van der Waals surface area contributed by atoms with E-state index >= 15 is 0 Å². The Labute approximate surface area is 95.0 Å². The van der Waals surface area contributed by atoms with Gasteiger partial charge in [-0.05, 0) is 19.8 Å². The molecule has 94 valence electrons. The molecule has 3 N–H and O–H groups in total. The molecule has 5 nitrogen and oxygen atoms in total. The van der Waals surface area contributed by atoms with E-state index in [0.717, 1.165) is 25.7 Å². The molecule has 0 unspecified atom stereocenters. The van der Waals surface area contributed by atoms with Gasteiger partial charge in [0.2, 0.25) is 0 Å². The van der Waals surface area contributed by atoms with Crippen LogP contribution in [0.15, 0.2) is 0 Å². The molecule has 5 heteroatoms. The zero-order valence-corrected chi connectivity index (χ0v) is 9.45. The molecule has 0 aromatic heterocycles. The molecule has 0 bridgehead atoms.